The van der Waals surface area contributed by atoms with Crippen LogP contribution in [0.1, 0.15) is 37.0 Å². The number of aliphatic hydroxyl groups excluding tert-OH is 1. The monoisotopic (exact) mass is 303 g/mol. The summed E-state index contributed by atoms with van der Waals surface area (Å²) in [6, 6.07) is 3.26. The number of hydrogen-bond acceptors (Lipinski definition) is 5. The smallest absolute Gasteiger partial charge is 0.251 e. The molecule has 1 unspecified atom stereocenters. The largest absolute Gasteiger partial charge is 0.391 e. The molecule has 1 atom stereocenters. The Labute approximate surface area is 129 Å². The first kappa shape index (κ1) is 16.1. The van der Waals surface area contributed by atoms with Crippen molar-refractivity contribution in [3.8, 4) is 5.82 Å². The molecule has 2 aromatic rings. The zero-order valence-corrected chi connectivity index (χ0v) is 12.8. The van der Waals surface area contributed by atoms with Crippen molar-refractivity contribution in [1.82, 2.24) is 25.1 Å². The number of rotatable bonds is 7. The Kier molecular flexibility index (Phi) is 5.60. The third-order valence-corrected chi connectivity index (χ3v) is 3.73. The SMILES string of the molecule is CCC(CC)C(O)CNC(=O)c1ccnc(-n2cncn2)c1. The van der Waals surface area contributed by atoms with Gasteiger partial charge in [0.1, 0.15) is 12.7 Å². The van der Waals surface area contributed by atoms with E-state index in [-0.39, 0.29) is 18.4 Å². The van der Waals surface area contributed by atoms with Gasteiger partial charge in [-0.15, -0.1) is 0 Å². The fourth-order valence-electron chi connectivity index (χ4n) is 2.31. The lowest BCUT2D eigenvalue weighted by Gasteiger charge is -2.20. The highest BCUT2D eigenvalue weighted by Crippen LogP contribution is 2.12. The summed E-state index contributed by atoms with van der Waals surface area (Å²) in [5.74, 6) is 0.475. The number of hydrogen-bond donors (Lipinski definition) is 2. The Morgan fingerprint density at radius 3 is 2.82 bits per heavy atom. The van der Waals surface area contributed by atoms with Gasteiger partial charge < -0.3 is 10.4 Å². The van der Waals surface area contributed by atoms with Crippen LogP contribution in [0.5, 0.6) is 0 Å². The third kappa shape index (κ3) is 3.88. The fourth-order valence-corrected chi connectivity index (χ4v) is 2.31. The second kappa shape index (κ2) is 7.65. The van der Waals surface area contributed by atoms with Crippen LogP contribution in [0.2, 0.25) is 0 Å². The van der Waals surface area contributed by atoms with Crippen LogP contribution in [-0.4, -0.2) is 43.4 Å². The molecule has 0 aliphatic heterocycles. The van der Waals surface area contributed by atoms with Crippen molar-refractivity contribution in [2.24, 2.45) is 5.92 Å². The summed E-state index contributed by atoms with van der Waals surface area (Å²) < 4.78 is 1.48. The van der Waals surface area contributed by atoms with Gasteiger partial charge in [-0.2, -0.15) is 5.10 Å². The maximum atomic E-state index is 12.2. The molecule has 0 fully saturated rings. The number of pyridine rings is 1. The van der Waals surface area contributed by atoms with E-state index in [2.05, 4.69) is 20.4 Å². The second-order valence-electron chi connectivity index (χ2n) is 5.10. The van der Waals surface area contributed by atoms with Gasteiger partial charge in [0.15, 0.2) is 5.82 Å². The lowest BCUT2D eigenvalue weighted by atomic mass is 9.96. The fraction of sp³-hybridized carbons (Fsp3) is 0.467. The Bertz CT molecular complexity index is 596. The van der Waals surface area contributed by atoms with Crippen molar-refractivity contribution in [3.63, 3.8) is 0 Å². The topological polar surface area (TPSA) is 92.9 Å². The van der Waals surface area contributed by atoms with Crippen LogP contribution in [0.25, 0.3) is 5.82 Å². The van der Waals surface area contributed by atoms with Gasteiger partial charge in [-0.25, -0.2) is 14.6 Å². The van der Waals surface area contributed by atoms with E-state index in [9.17, 15) is 9.90 Å². The van der Waals surface area contributed by atoms with Crippen LogP contribution in [0.15, 0.2) is 31.0 Å². The van der Waals surface area contributed by atoms with Gasteiger partial charge in [0.05, 0.1) is 6.10 Å². The van der Waals surface area contributed by atoms with Crippen LogP contribution in [0.4, 0.5) is 0 Å². The number of nitrogens with zero attached hydrogens (tertiary/aromatic N) is 4. The van der Waals surface area contributed by atoms with Crippen LogP contribution in [0, 0.1) is 5.92 Å². The van der Waals surface area contributed by atoms with Gasteiger partial charge in [0.2, 0.25) is 0 Å². The highest BCUT2D eigenvalue weighted by Gasteiger charge is 2.17. The summed E-state index contributed by atoms with van der Waals surface area (Å²) in [7, 11) is 0. The molecule has 2 rings (SSSR count). The first-order valence-electron chi connectivity index (χ1n) is 7.43. The summed E-state index contributed by atoms with van der Waals surface area (Å²) in [6.07, 6.45) is 5.71. The molecular formula is C15H21N5O2. The Balaban J connectivity index is 2.00. The first-order valence-corrected chi connectivity index (χ1v) is 7.43. The zero-order valence-electron chi connectivity index (χ0n) is 12.8. The van der Waals surface area contributed by atoms with Crippen molar-refractivity contribution in [1.29, 1.82) is 0 Å². The average Bonchev–Trinajstić information content (AvgIpc) is 3.08. The van der Waals surface area contributed by atoms with Gasteiger partial charge in [0, 0.05) is 18.3 Å². The summed E-state index contributed by atoms with van der Waals surface area (Å²) in [5.41, 5.74) is 0.470. The van der Waals surface area contributed by atoms with Crippen LogP contribution in [-0.2, 0) is 0 Å². The highest BCUT2D eigenvalue weighted by molar-refractivity contribution is 5.94. The van der Waals surface area contributed by atoms with Crippen molar-refractivity contribution in [3.05, 3.63) is 36.5 Å². The van der Waals surface area contributed by atoms with E-state index < -0.39 is 6.10 Å². The maximum Gasteiger partial charge on any atom is 0.251 e. The van der Waals surface area contributed by atoms with Gasteiger partial charge in [-0.05, 0) is 18.1 Å². The van der Waals surface area contributed by atoms with E-state index in [1.54, 1.807) is 18.3 Å². The first-order chi connectivity index (χ1) is 10.7. The van der Waals surface area contributed by atoms with E-state index in [0.717, 1.165) is 12.8 Å². The van der Waals surface area contributed by atoms with Crippen molar-refractivity contribution >= 4 is 5.91 Å². The second-order valence-corrected chi connectivity index (χ2v) is 5.10. The highest BCUT2D eigenvalue weighted by atomic mass is 16.3. The molecule has 0 aliphatic rings. The molecule has 0 saturated carbocycles. The molecule has 22 heavy (non-hydrogen) atoms. The van der Waals surface area contributed by atoms with Crippen molar-refractivity contribution < 1.29 is 9.90 Å². The van der Waals surface area contributed by atoms with Crippen molar-refractivity contribution in [2.45, 2.75) is 32.8 Å². The molecule has 0 spiro atoms. The Hall–Kier alpha value is -2.28. The standard InChI is InChI=1S/C15H21N5O2/c1-3-11(4-2)13(21)8-18-15(22)12-5-6-17-14(7-12)20-10-16-9-19-20/h5-7,9-11,13,21H,3-4,8H2,1-2H3,(H,18,22). The minimum atomic E-state index is -0.532. The molecule has 0 aliphatic carbocycles. The molecule has 0 aromatic carbocycles. The van der Waals surface area contributed by atoms with Gasteiger partial charge in [-0.1, -0.05) is 26.7 Å². The Morgan fingerprint density at radius 1 is 1.41 bits per heavy atom. The Morgan fingerprint density at radius 2 is 2.18 bits per heavy atom. The third-order valence-electron chi connectivity index (χ3n) is 3.73. The predicted octanol–water partition coefficient (Wildman–Crippen LogP) is 1.19. The summed E-state index contributed by atoms with van der Waals surface area (Å²) in [5, 5.41) is 16.8. The molecule has 1 amide bonds. The molecule has 2 aromatic heterocycles. The van der Waals surface area contributed by atoms with Crippen LogP contribution >= 0.6 is 0 Å². The van der Waals surface area contributed by atoms with Crippen LogP contribution in [0.3, 0.4) is 0 Å². The summed E-state index contributed by atoms with van der Waals surface area (Å²) in [4.78, 5) is 20.2. The molecule has 7 heteroatoms. The summed E-state index contributed by atoms with van der Waals surface area (Å²) in [6.45, 7) is 4.31. The molecule has 0 radical (unpaired) electrons. The summed E-state index contributed by atoms with van der Waals surface area (Å²) >= 11 is 0. The molecule has 0 bridgehead atoms. The number of nitrogens with one attached hydrogen (secondary N) is 1. The number of carbonyl (C=O) groups is 1. The molecule has 118 valence electrons. The van der Waals surface area contributed by atoms with Crippen molar-refractivity contribution in [2.75, 3.05) is 6.54 Å². The van der Waals surface area contributed by atoms with E-state index in [0.29, 0.717) is 11.4 Å². The number of aromatic nitrogens is 4. The van der Waals surface area contributed by atoms with E-state index in [1.807, 2.05) is 13.8 Å². The van der Waals surface area contributed by atoms with E-state index in [1.165, 1.54) is 17.3 Å². The molecule has 0 saturated heterocycles. The normalized spacial score (nSPS) is 12.4. The van der Waals surface area contributed by atoms with E-state index >= 15 is 0 Å². The molecular weight excluding hydrogens is 282 g/mol. The minimum Gasteiger partial charge on any atom is -0.391 e. The molecule has 7 nitrogen and oxygen atoms in total. The van der Waals surface area contributed by atoms with E-state index in [4.69, 9.17) is 0 Å². The number of carbonyl (C=O) groups excluding carboxylic acids is 1. The lowest BCUT2D eigenvalue weighted by molar-refractivity contribution is 0.0816. The van der Waals surface area contributed by atoms with Gasteiger partial charge >= 0.3 is 0 Å². The lowest BCUT2D eigenvalue weighted by Crippen LogP contribution is -2.36. The average molecular weight is 303 g/mol. The number of amides is 1. The zero-order chi connectivity index (χ0) is 15.9. The molecule has 2 heterocycles. The minimum absolute atomic E-state index is 0.198. The van der Waals surface area contributed by atoms with Gasteiger partial charge in [-0.3, -0.25) is 4.79 Å². The van der Waals surface area contributed by atoms with Gasteiger partial charge in [0.25, 0.3) is 5.91 Å². The predicted molar refractivity (Wildman–Crippen MR) is 81.6 cm³/mol. The maximum absolute atomic E-state index is 12.2. The quantitative estimate of drug-likeness (QED) is 0.801. The van der Waals surface area contributed by atoms with Crippen LogP contribution < -0.4 is 5.32 Å². The molecule has 2 N–H and O–H groups in total. The number of aliphatic hydroxyl groups is 1.